The number of anilines is 1. The number of hydrogen-bond acceptors (Lipinski definition) is 3. The number of benzene rings is 1. The molecule has 1 aromatic rings. The number of aliphatic hydroxyl groups is 1. The van der Waals surface area contributed by atoms with E-state index in [9.17, 15) is 5.11 Å². The summed E-state index contributed by atoms with van der Waals surface area (Å²) in [5, 5.41) is 9.39. The Kier molecular flexibility index (Phi) is 5.23. The Morgan fingerprint density at radius 1 is 1.26 bits per heavy atom. The van der Waals surface area contributed by atoms with Crippen molar-refractivity contribution in [3.05, 3.63) is 29.3 Å². The van der Waals surface area contributed by atoms with Gasteiger partial charge in [0, 0.05) is 24.8 Å². The third-order valence-electron chi connectivity index (χ3n) is 4.13. The van der Waals surface area contributed by atoms with Crippen LogP contribution in [0.3, 0.4) is 0 Å². The first kappa shape index (κ1) is 14.4. The lowest BCUT2D eigenvalue weighted by atomic mass is 9.93. The van der Waals surface area contributed by atoms with Crippen molar-refractivity contribution in [2.45, 2.75) is 51.6 Å². The summed E-state index contributed by atoms with van der Waals surface area (Å²) in [6, 6.07) is 7.02. The van der Waals surface area contributed by atoms with Gasteiger partial charge >= 0.3 is 0 Å². The Morgan fingerprint density at radius 2 is 2.00 bits per heavy atom. The van der Waals surface area contributed by atoms with E-state index < -0.39 is 0 Å². The van der Waals surface area contributed by atoms with Gasteiger partial charge in [-0.3, -0.25) is 0 Å². The van der Waals surface area contributed by atoms with E-state index in [0.717, 1.165) is 0 Å². The van der Waals surface area contributed by atoms with Crippen LogP contribution >= 0.6 is 0 Å². The van der Waals surface area contributed by atoms with E-state index in [4.69, 9.17) is 5.73 Å². The topological polar surface area (TPSA) is 49.5 Å². The molecule has 1 fully saturated rings. The summed E-state index contributed by atoms with van der Waals surface area (Å²) < 4.78 is 0. The Morgan fingerprint density at radius 3 is 2.63 bits per heavy atom. The van der Waals surface area contributed by atoms with Gasteiger partial charge in [0.1, 0.15) is 0 Å². The SMILES string of the molecule is Cc1ccc(CN)c(N(CCO)C2CCCCC2)c1. The van der Waals surface area contributed by atoms with Gasteiger partial charge in [0.05, 0.1) is 6.61 Å². The molecule has 3 nitrogen and oxygen atoms in total. The Labute approximate surface area is 116 Å². The molecule has 0 atom stereocenters. The van der Waals surface area contributed by atoms with Crippen LogP contribution in [0.25, 0.3) is 0 Å². The van der Waals surface area contributed by atoms with Crippen LogP contribution in [-0.4, -0.2) is 24.3 Å². The van der Waals surface area contributed by atoms with Crippen LogP contribution in [0.4, 0.5) is 5.69 Å². The number of nitrogens with two attached hydrogens (primary N) is 1. The molecule has 0 bridgehead atoms. The Balaban J connectivity index is 2.28. The molecule has 0 aliphatic heterocycles. The third-order valence-corrected chi connectivity index (χ3v) is 4.13. The fraction of sp³-hybridized carbons (Fsp3) is 0.625. The lowest BCUT2D eigenvalue weighted by molar-refractivity contribution is 0.290. The normalized spacial score (nSPS) is 16.6. The first-order valence-corrected chi connectivity index (χ1v) is 7.43. The number of rotatable bonds is 5. The van der Waals surface area contributed by atoms with Crippen LogP contribution in [0.15, 0.2) is 18.2 Å². The second-order valence-electron chi connectivity index (χ2n) is 5.55. The molecule has 0 unspecified atom stereocenters. The molecule has 1 aliphatic rings. The summed E-state index contributed by atoms with van der Waals surface area (Å²) in [6.45, 7) is 3.58. The number of nitrogens with zero attached hydrogens (tertiary/aromatic N) is 1. The fourth-order valence-corrected chi connectivity index (χ4v) is 3.11. The first-order chi connectivity index (χ1) is 9.26. The standard InChI is InChI=1S/C16H26N2O/c1-13-7-8-14(12-17)16(11-13)18(9-10-19)15-5-3-2-4-6-15/h7-8,11,15,19H,2-6,9-10,12,17H2,1H3. The highest BCUT2D eigenvalue weighted by Crippen LogP contribution is 2.30. The molecule has 0 heterocycles. The Bertz CT molecular complexity index is 400. The highest BCUT2D eigenvalue weighted by molar-refractivity contribution is 5.56. The van der Waals surface area contributed by atoms with Crippen molar-refractivity contribution in [2.75, 3.05) is 18.1 Å². The minimum Gasteiger partial charge on any atom is -0.395 e. The fourth-order valence-electron chi connectivity index (χ4n) is 3.11. The number of aliphatic hydroxyl groups excluding tert-OH is 1. The second kappa shape index (κ2) is 6.92. The maximum Gasteiger partial charge on any atom is 0.0606 e. The monoisotopic (exact) mass is 262 g/mol. The lowest BCUT2D eigenvalue weighted by Crippen LogP contribution is -2.39. The molecule has 106 valence electrons. The van der Waals surface area contributed by atoms with Gasteiger partial charge in [0.2, 0.25) is 0 Å². The first-order valence-electron chi connectivity index (χ1n) is 7.43. The smallest absolute Gasteiger partial charge is 0.0606 e. The molecule has 3 N–H and O–H groups in total. The van der Waals surface area contributed by atoms with Gasteiger partial charge in [-0.1, -0.05) is 31.4 Å². The zero-order valence-corrected chi connectivity index (χ0v) is 11.9. The lowest BCUT2D eigenvalue weighted by Gasteiger charge is -2.37. The van der Waals surface area contributed by atoms with Crippen molar-refractivity contribution >= 4 is 5.69 Å². The Hall–Kier alpha value is -1.06. The summed E-state index contributed by atoms with van der Waals surface area (Å²) in [5.74, 6) is 0. The minimum absolute atomic E-state index is 0.203. The average molecular weight is 262 g/mol. The van der Waals surface area contributed by atoms with Crippen molar-refractivity contribution < 1.29 is 5.11 Å². The zero-order chi connectivity index (χ0) is 13.7. The highest BCUT2D eigenvalue weighted by Gasteiger charge is 2.22. The van der Waals surface area contributed by atoms with Gasteiger partial charge in [0.15, 0.2) is 0 Å². The number of aryl methyl sites for hydroxylation is 1. The van der Waals surface area contributed by atoms with Crippen molar-refractivity contribution in [1.82, 2.24) is 0 Å². The zero-order valence-electron chi connectivity index (χ0n) is 11.9. The summed E-state index contributed by atoms with van der Waals surface area (Å²) in [7, 11) is 0. The molecular formula is C16H26N2O. The van der Waals surface area contributed by atoms with E-state index in [1.54, 1.807) is 0 Å². The van der Waals surface area contributed by atoms with Gasteiger partial charge in [-0.2, -0.15) is 0 Å². The van der Waals surface area contributed by atoms with Gasteiger partial charge in [-0.25, -0.2) is 0 Å². The molecule has 0 saturated heterocycles. The molecule has 0 amide bonds. The predicted molar refractivity (Wildman–Crippen MR) is 80.4 cm³/mol. The third kappa shape index (κ3) is 3.48. The van der Waals surface area contributed by atoms with Gasteiger partial charge in [0.25, 0.3) is 0 Å². The van der Waals surface area contributed by atoms with E-state index in [2.05, 4.69) is 30.0 Å². The van der Waals surface area contributed by atoms with Gasteiger partial charge < -0.3 is 15.7 Å². The molecule has 1 aliphatic carbocycles. The minimum atomic E-state index is 0.203. The maximum absolute atomic E-state index is 9.39. The molecule has 1 saturated carbocycles. The summed E-state index contributed by atoms with van der Waals surface area (Å²) in [5.41, 5.74) is 9.54. The predicted octanol–water partition coefficient (Wildman–Crippen LogP) is 2.59. The van der Waals surface area contributed by atoms with E-state index in [1.165, 1.54) is 48.9 Å². The molecule has 1 aromatic carbocycles. The van der Waals surface area contributed by atoms with E-state index in [0.29, 0.717) is 19.1 Å². The largest absolute Gasteiger partial charge is 0.395 e. The van der Waals surface area contributed by atoms with Crippen molar-refractivity contribution in [3.63, 3.8) is 0 Å². The molecule has 0 aromatic heterocycles. The summed E-state index contributed by atoms with van der Waals surface area (Å²) in [4.78, 5) is 2.38. The number of hydrogen-bond donors (Lipinski definition) is 2. The molecule has 2 rings (SSSR count). The van der Waals surface area contributed by atoms with Crippen molar-refractivity contribution in [1.29, 1.82) is 0 Å². The summed E-state index contributed by atoms with van der Waals surface area (Å²) >= 11 is 0. The van der Waals surface area contributed by atoms with Gasteiger partial charge in [-0.15, -0.1) is 0 Å². The van der Waals surface area contributed by atoms with Crippen molar-refractivity contribution in [3.8, 4) is 0 Å². The molecule has 0 spiro atoms. The molecule has 0 radical (unpaired) electrons. The van der Waals surface area contributed by atoms with Gasteiger partial charge in [-0.05, 0) is 37.0 Å². The quantitative estimate of drug-likeness (QED) is 0.857. The molecule has 3 heteroatoms. The van der Waals surface area contributed by atoms with E-state index in [1.807, 2.05) is 0 Å². The summed E-state index contributed by atoms with van der Waals surface area (Å²) in [6.07, 6.45) is 6.42. The van der Waals surface area contributed by atoms with Crippen molar-refractivity contribution in [2.24, 2.45) is 5.73 Å². The van der Waals surface area contributed by atoms with Crippen LogP contribution in [0.1, 0.15) is 43.2 Å². The van der Waals surface area contributed by atoms with E-state index >= 15 is 0 Å². The van der Waals surface area contributed by atoms with Crippen LogP contribution < -0.4 is 10.6 Å². The maximum atomic E-state index is 9.39. The molecule has 19 heavy (non-hydrogen) atoms. The van der Waals surface area contributed by atoms with Crippen LogP contribution in [-0.2, 0) is 6.54 Å². The van der Waals surface area contributed by atoms with Crippen LogP contribution in [0.2, 0.25) is 0 Å². The van der Waals surface area contributed by atoms with E-state index in [-0.39, 0.29) is 6.61 Å². The second-order valence-corrected chi connectivity index (χ2v) is 5.55. The average Bonchev–Trinajstić information content (AvgIpc) is 2.45. The molecular weight excluding hydrogens is 236 g/mol. The van der Waals surface area contributed by atoms with Crippen LogP contribution in [0, 0.1) is 6.92 Å². The highest BCUT2D eigenvalue weighted by atomic mass is 16.3. The van der Waals surface area contributed by atoms with Crippen LogP contribution in [0.5, 0.6) is 0 Å².